The Morgan fingerprint density at radius 1 is 0.643 bits per heavy atom. The molecule has 2 aromatic heterocycles. The molecule has 2 heterocycles. The number of fused-ring (bicyclic) bond motifs is 6. The Hall–Kier alpha value is -4.44. The molecule has 3 aliphatic rings. The van der Waals surface area contributed by atoms with Crippen molar-refractivity contribution in [2.75, 3.05) is 0 Å². The van der Waals surface area contributed by atoms with Gasteiger partial charge in [-0.1, -0.05) is 101 Å². The Labute approximate surface area is 248 Å². The SMILES string of the molecule is Cn1cc(-c2ccc3c(c2)C(C)(C)c2ccccc2-3)nc1-c1nc(-c2ccc3c(c2)C(C)(C)C2C=CC=CC32)cn1C. The molecule has 0 saturated heterocycles. The highest BCUT2D eigenvalue weighted by Crippen LogP contribution is 2.53. The van der Waals surface area contributed by atoms with Gasteiger partial charge in [0.2, 0.25) is 0 Å². The molecule has 0 saturated carbocycles. The number of rotatable bonds is 3. The lowest BCUT2D eigenvalue weighted by molar-refractivity contribution is 0.394. The van der Waals surface area contributed by atoms with Crippen molar-refractivity contribution in [1.82, 2.24) is 19.1 Å². The third kappa shape index (κ3) is 3.41. The summed E-state index contributed by atoms with van der Waals surface area (Å²) in [4.78, 5) is 10.3. The van der Waals surface area contributed by atoms with Gasteiger partial charge >= 0.3 is 0 Å². The fourth-order valence-electron chi connectivity index (χ4n) is 7.83. The summed E-state index contributed by atoms with van der Waals surface area (Å²) in [7, 11) is 4.13. The molecule has 0 spiro atoms. The maximum atomic E-state index is 5.14. The maximum absolute atomic E-state index is 5.14. The average Bonchev–Trinajstić information content (AvgIpc) is 3.69. The normalized spacial score (nSPS) is 20.3. The van der Waals surface area contributed by atoms with Gasteiger partial charge in [-0.15, -0.1) is 0 Å². The molecule has 0 bridgehead atoms. The predicted octanol–water partition coefficient (Wildman–Crippen LogP) is 8.58. The number of imidazole rings is 2. The van der Waals surface area contributed by atoms with Crippen molar-refractivity contribution >= 4 is 0 Å². The summed E-state index contributed by atoms with van der Waals surface area (Å²) in [6.45, 7) is 9.40. The van der Waals surface area contributed by atoms with Crippen LogP contribution in [0.1, 0.15) is 55.9 Å². The molecule has 3 aromatic carbocycles. The monoisotopic (exact) mass is 548 g/mol. The third-order valence-electron chi connectivity index (χ3n) is 10.2. The zero-order valence-corrected chi connectivity index (χ0v) is 25.2. The summed E-state index contributed by atoms with van der Waals surface area (Å²) in [5, 5.41) is 0. The molecular weight excluding hydrogens is 512 g/mol. The average molecular weight is 549 g/mol. The van der Waals surface area contributed by atoms with Crippen molar-refractivity contribution in [3.05, 3.63) is 120 Å². The van der Waals surface area contributed by atoms with Crippen molar-refractivity contribution in [3.63, 3.8) is 0 Å². The minimum Gasteiger partial charge on any atom is -0.331 e. The van der Waals surface area contributed by atoms with Gasteiger partial charge in [0.15, 0.2) is 11.6 Å². The van der Waals surface area contributed by atoms with Crippen molar-refractivity contribution in [2.45, 2.75) is 44.4 Å². The molecule has 0 radical (unpaired) electrons. The summed E-state index contributed by atoms with van der Waals surface area (Å²) >= 11 is 0. The smallest absolute Gasteiger partial charge is 0.176 e. The lowest BCUT2D eigenvalue weighted by Gasteiger charge is -2.29. The van der Waals surface area contributed by atoms with Crippen LogP contribution in [0.15, 0.2) is 97.4 Å². The van der Waals surface area contributed by atoms with E-state index in [1.807, 2.05) is 0 Å². The Morgan fingerprint density at radius 2 is 1.24 bits per heavy atom. The zero-order chi connectivity index (χ0) is 29.0. The minimum atomic E-state index is -0.0388. The number of nitrogens with zero attached hydrogens (tertiary/aromatic N) is 4. The third-order valence-corrected chi connectivity index (χ3v) is 10.2. The highest BCUT2D eigenvalue weighted by molar-refractivity contribution is 5.83. The highest BCUT2D eigenvalue weighted by Gasteiger charge is 2.44. The first-order valence-electron chi connectivity index (χ1n) is 15.0. The van der Waals surface area contributed by atoms with E-state index in [4.69, 9.17) is 9.97 Å². The van der Waals surface area contributed by atoms with E-state index >= 15 is 0 Å². The van der Waals surface area contributed by atoms with E-state index in [9.17, 15) is 0 Å². The first kappa shape index (κ1) is 25.3. The lowest BCUT2D eigenvalue weighted by Crippen LogP contribution is -2.24. The van der Waals surface area contributed by atoms with Gasteiger partial charge in [0.25, 0.3) is 0 Å². The standard InChI is InChI=1S/C38H36N4/c1-37(2)29-13-9-7-11-25(29)27-17-15-23(19-31(27)37)33-21-41(5)35(39-33)36-40-34(22-42(36)6)24-16-18-28-26-12-8-10-14-30(26)38(3,4)32(28)20-24/h7-22,25,29H,1-6H3. The minimum absolute atomic E-state index is 0.0388. The molecule has 4 nitrogen and oxygen atoms in total. The van der Waals surface area contributed by atoms with Crippen LogP contribution in [0, 0.1) is 5.92 Å². The molecule has 42 heavy (non-hydrogen) atoms. The molecular formula is C38H36N4. The second kappa shape index (κ2) is 8.54. The number of hydrogen-bond acceptors (Lipinski definition) is 2. The van der Waals surface area contributed by atoms with Crippen LogP contribution in [0.4, 0.5) is 0 Å². The molecule has 0 N–H and O–H groups in total. The van der Waals surface area contributed by atoms with Crippen molar-refractivity contribution in [1.29, 1.82) is 0 Å². The number of aryl methyl sites for hydroxylation is 2. The lowest BCUT2D eigenvalue weighted by atomic mass is 9.74. The van der Waals surface area contributed by atoms with Crippen LogP contribution in [-0.2, 0) is 24.9 Å². The quantitative estimate of drug-likeness (QED) is 0.226. The van der Waals surface area contributed by atoms with Gasteiger partial charge in [-0.25, -0.2) is 9.97 Å². The molecule has 3 aliphatic carbocycles. The summed E-state index contributed by atoms with van der Waals surface area (Å²) in [6.07, 6.45) is 13.4. The Balaban J connectivity index is 1.15. The first-order chi connectivity index (χ1) is 20.1. The van der Waals surface area contributed by atoms with Gasteiger partial charge in [0.1, 0.15) is 0 Å². The van der Waals surface area contributed by atoms with Gasteiger partial charge in [-0.2, -0.15) is 0 Å². The number of benzene rings is 3. The summed E-state index contributed by atoms with van der Waals surface area (Å²) < 4.78 is 4.21. The summed E-state index contributed by atoms with van der Waals surface area (Å²) in [5.41, 5.74) is 12.6. The van der Waals surface area contributed by atoms with Gasteiger partial charge in [0.05, 0.1) is 11.4 Å². The molecule has 2 unspecified atom stereocenters. The van der Waals surface area contributed by atoms with Gasteiger partial charge in [0, 0.05) is 48.9 Å². The van der Waals surface area contributed by atoms with Crippen LogP contribution < -0.4 is 0 Å². The van der Waals surface area contributed by atoms with Gasteiger partial charge in [-0.3, -0.25) is 0 Å². The van der Waals surface area contributed by atoms with Crippen LogP contribution in [0.25, 0.3) is 45.3 Å². The molecule has 8 rings (SSSR count). The topological polar surface area (TPSA) is 35.6 Å². The number of aromatic nitrogens is 4. The van der Waals surface area contributed by atoms with E-state index in [0.717, 1.165) is 34.2 Å². The van der Waals surface area contributed by atoms with E-state index in [1.165, 1.54) is 33.4 Å². The van der Waals surface area contributed by atoms with Crippen molar-refractivity contribution in [2.24, 2.45) is 20.0 Å². The summed E-state index contributed by atoms with van der Waals surface area (Å²) in [6, 6.07) is 22.5. The maximum Gasteiger partial charge on any atom is 0.176 e. The number of allylic oxidation sites excluding steroid dienone is 4. The van der Waals surface area contributed by atoms with Gasteiger partial charge < -0.3 is 9.13 Å². The van der Waals surface area contributed by atoms with Crippen molar-refractivity contribution in [3.8, 4) is 45.3 Å². The second-order valence-corrected chi connectivity index (χ2v) is 13.4. The van der Waals surface area contributed by atoms with Crippen LogP contribution in [-0.4, -0.2) is 19.1 Å². The van der Waals surface area contributed by atoms with E-state index < -0.39 is 0 Å². The Bertz CT molecular complexity index is 1980. The fraction of sp³-hybridized carbons (Fsp3) is 0.263. The Kier molecular flexibility index (Phi) is 5.14. The molecule has 208 valence electrons. The van der Waals surface area contributed by atoms with E-state index in [2.05, 4.69) is 148 Å². The van der Waals surface area contributed by atoms with Gasteiger partial charge in [-0.05, 0) is 56.8 Å². The largest absolute Gasteiger partial charge is 0.331 e. The molecule has 2 atom stereocenters. The van der Waals surface area contributed by atoms with E-state index in [-0.39, 0.29) is 10.8 Å². The van der Waals surface area contributed by atoms with E-state index in [1.54, 1.807) is 0 Å². The van der Waals surface area contributed by atoms with Crippen LogP contribution in [0.2, 0.25) is 0 Å². The second-order valence-electron chi connectivity index (χ2n) is 13.4. The predicted molar refractivity (Wildman–Crippen MR) is 171 cm³/mol. The Morgan fingerprint density at radius 3 is 1.95 bits per heavy atom. The molecule has 5 aromatic rings. The summed E-state index contributed by atoms with van der Waals surface area (Å²) in [5.74, 6) is 2.69. The molecule has 0 fully saturated rings. The first-order valence-corrected chi connectivity index (χ1v) is 15.0. The zero-order valence-electron chi connectivity index (χ0n) is 25.2. The molecule has 0 aliphatic heterocycles. The van der Waals surface area contributed by atoms with Crippen LogP contribution >= 0.6 is 0 Å². The van der Waals surface area contributed by atoms with E-state index in [0.29, 0.717) is 11.8 Å². The molecule has 0 amide bonds. The number of hydrogen-bond donors (Lipinski definition) is 0. The van der Waals surface area contributed by atoms with Crippen LogP contribution in [0.3, 0.4) is 0 Å². The molecule has 4 heteroatoms. The van der Waals surface area contributed by atoms with Crippen molar-refractivity contribution < 1.29 is 0 Å². The van der Waals surface area contributed by atoms with Crippen LogP contribution in [0.5, 0.6) is 0 Å². The fourth-order valence-corrected chi connectivity index (χ4v) is 7.83. The highest BCUT2D eigenvalue weighted by atomic mass is 15.1.